The number of rotatable bonds is 6. The molecule has 7 nitrogen and oxygen atoms in total. The summed E-state index contributed by atoms with van der Waals surface area (Å²) in [6.07, 6.45) is 0. The van der Waals surface area contributed by atoms with Crippen molar-refractivity contribution in [3.05, 3.63) is 17.0 Å². The van der Waals surface area contributed by atoms with E-state index in [2.05, 4.69) is 15.2 Å². The maximum atomic E-state index is 11.4. The standard InChI is InChI=1S/C11H15N5O2S2/c1-3-16(7(2)17)10-13-8(5-19-10)6-20-11-15-14-9(4-12)18-11/h5H,3-4,6,12H2,1-2H3. The van der Waals surface area contributed by atoms with Crippen LogP contribution < -0.4 is 10.6 Å². The van der Waals surface area contributed by atoms with Crippen molar-refractivity contribution in [2.75, 3.05) is 11.4 Å². The molecule has 0 spiro atoms. The fraction of sp³-hybridized carbons (Fsp3) is 0.455. The zero-order valence-electron chi connectivity index (χ0n) is 11.2. The molecule has 0 unspecified atom stereocenters. The van der Waals surface area contributed by atoms with E-state index in [1.54, 1.807) is 4.90 Å². The number of thioether (sulfide) groups is 1. The second-order valence-electron chi connectivity index (χ2n) is 3.84. The van der Waals surface area contributed by atoms with Crippen LogP contribution in [0.15, 0.2) is 15.0 Å². The highest BCUT2D eigenvalue weighted by atomic mass is 32.2. The lowest BCUT2D eigenvalue weighted by Crippen LogP contribution is -2.27. The topological polar surface area (TPSA) is 98.1 Å². The summed E-state index contributed by atoms with van der Waals surface area (Å²) >= 11 is 2.85. The predicted molar refractivity (Wildman–Crippen MR) is 77.6 cm³/mol. The van der Waals surface area contributed by atoms with E-state index in [1.807, 2.05) is 12.3 Å². The monoisotopic (exact) mass is 313 g/mol. The van der Waals surface area contributed by atoms with E-state index in [-0.39, 0.29) is 12.5 Å². The van der Waals surface area contributed by atoms with Crippen LogP contribution in [0.2, 0.25) is 0 Å². The lowest BCUT2D eigenvalue weighted by Gasteiger charge is -2.14. The van der Waals surface area contributed by atoms with E-state index >= 15 is 0 Å². The van der Waals surface area contributed by atoms with Gasteiger partial charge in [-0.25, -0.2) is 4.98 Å². The van der Waals surface area contributed by atoms with Gasteiger partial charge in [-0.2, -0.15) is 0 Å². The van der Waals surface area contributed by atoms with Gasteiger partial charge in [0.25, 0.3) is 5.22 Å². The van der Waals surface area contributed by atoms with E-state index in [9.17, 15) is 4.79 Å². The summed E-state index contributed by atoms with van der Waals surface area (Å²) in [7, 11) is 0. The van der Waals surface area contributed by atoms with Crippen LogP contribution in [0.3, 0.4) is 0 Å². The molecule has 0 aromatic carbocycles. The summed E-state index contributed by atoms with van der Waals surface area (Å²) in [5.41, 5.74) is 6.27. The number of carbonyl (C=O) groups excluding carboxylic acids is 1. The van der Waals surface area contributed by atoms with Gasteiger partial charge in [0.15, 0.2) is 5.13 Å². The van der Waals surface area contributed by atoms with Gasteiger partial charge < -0.3 is 10.2 Å². The Hall–Kier alpha value is -1.45. The Bertz CT molecular complexity index is 583. The third-order valence-electron chi connectivity index (χ3n) is 2.43. The quantitative estimate of drug-likeness (QED) is 0.810. The highest BCUT2D eigenvalue weighted by Crippen LogP contribution is 2.26. The normalized spacial score (nSPS) is 10.8. The minimum Gasteiger partial charge on any atom is -0.415 e. The van der Waals surface area contributed by atoms with Crippen LogP contribution in [-0.2, 0) is 17.1 Å². The van der Waals surface area contributed by atoms with Gasteiger partial charge in [0.2, 0.25) is 11.8 Å². The van der Waals surface area contributed by atoms with Crippen molar-refractivity contribution < 1.29 is 9.21 Å². The number of nitrogens with two attached hydrogens (primary N) is 1. The molecule has 2 N–H and O–H groups in total. The summed E-state index contributed by atoms with van der Waals surface area (Å²) < 4.78 is 5.30. The number of thiazole rings is 1. The molecule has 2 aromatic heterocycles. The number of amides is 1. The molecule has 0 saturated carbocycles. The zero-order chi connectivity index (χ0) is 14.5. The summed E-state index contributed by atoms with van der Waals surface area (Å²) in [5, 5.41) is 10.8. The second-order valence-corrected chi connectivity index (χ2v) is 5.60. The summed E-state index contributed by atoms with van der Waals surface area (Å²) in [4.78, 5) is 17.5. The maximum absolute atomic E-state index is 11.4. The molecular weight excluding hydrogens is 298 g/mol. The second kappa shape index (κ2) is 6.82. The first-order chi connectivity index (χ1) is 9.63. The largest absolute Gasteiger partial charge is 0.415 e. The SMILES string of the molecule is CCN(C(C)=O)c1nc(CSc2nnc(CN)o2)cs1. The molecule has 20 heavy (non-hydrogen) atoms. The first kappa shape index (κ1) is 14.9. The van der Waals surface area contributed by atoms with Crippen molar-refractivity contribution in [3.63, 3.8) is 0 Å². The molecule has 0 aliphatic rings. The molecule has 2 aromatic rings. The molecule has 2 rings (SSSR count). The van der Waals surface area contributed by atoms with Crippen LogP contribution in [0.1, 0.15) is 25.4 Å². The van der Waals surface area contributed by atoms with Crippen molar-refractivity contribution in [2.45, 2.75) is 31.4 Å². The van der Waals surface area contributed by atoms with E-state index in [0.717, 1.165) is 5.69 Å². The van der Waals surface area contributed by atoms with Gasteiger partial charge in [0.05, 0.1) is 12.2 Å². The van der Waals surface area contributed by atoms with Crippen LogP contribution >= 0.6 is 23.1 Å². The average molecular weight is 313 g/mol. The lowest BCUT2D eigenvalue weighted by molar-refractivity contribution is -0.116. The summed E-state index contributed by atoms with van der Waals surface area (Å²) in [5.74, 6) is 1.02. The highest BCUT2D eigenvalue weighted by molar-refractivity contribution is 7.98. The van der Waals surface area contributed by atoms with Gasteiger partial charge >= 0.3 is 0 Å². The molecule has 2 heterocycles. The molecule has 0 fully saturated rings. The van der Waals surface area contributed by atoms with Crippen LogP contribution in [0, 0.1) is 0 Å². The molecular formula is C11H15N5O2S2. The molecule has 9 heteroatoms. The predicted octanol–water partition coefficient (Wildman–Crippen LogP) is 1.65. The molecule has 0 bridgehead atoms. The first-order valence-electron chi connectivity index (χ1n) is 6.01. The zero-order valence-corrected chi connectivity index (χ0v) is 12.8. The Kier molecular flexibility index (Phi) is 5.10. The Morgan fingerprint density at radius 2 is 2.35 bits per heavy atom. The average Bonchev–Trinajstić information content (AvgIpc) is 3.05. The van der Waals surface area contributed by atoms with Crippen LogP contribution in [-0.4, -0.2) is 27.6 Å². The van der Waals surface area contributed by atoms with Crippen molar-refractivity contribution in [2.24, 2.45) is 5.73 Å². The molecule has 108 valence electrons. The third-order valence-corrected chi connectivity index (χ3v) is 4.20. The van der Waals surface area contributed by atoms with Gasteiger partial charge in [-0.3, -0.25) is 9.69 Å². The first-order valence-corrected chi connectivity index (χ1v) is 7.88. The van der Waals surface area contributed by atoms with Crippen molar-refractivity contribution in [1.82, 2.24) is 15.2 Å². The number of anilines is 1. The molecule has 0 aliphatic carbocycles. The molecule has 0 aliphatic heterocycles. The number of hydrogen-bond donors (Lipinski definition) is 1. The van der Waals surface area contributed by atoms with Crippen molar-refractivity contribution in [3.8, 4) is 0 Å². The summed E-state index contributed by atoms with van der Waals surface area (Å²) in [6.45, 7) is 4.30. The molecule has 0 saturated heterocycles. The van der Waals surface area contributed by atoms with E-state index < -0.39 is 0 Å². The lowest BCUT2D eigenvalue weighted by atomic mass is 10.5. The number of carbonyl (C=O) groups is 1. The van der Waals surface area contributed by atoms with Crippen LogP contribution in [0.5, 0.6) is 0 Å². The third kappa shape index (κ3) is 3.56. The van der Waals surface area contributed by atoms with E-state index in [4.69, 9.17) is 10.2 Å². The minimum atomic E-state index is -0.00876. The Labute approximate surface area is 124 Å². The molecule has 1 amide bonds. The van der Waals surface area contributed by atoms with Crippen LogP contribution in [0.4, 0.5) is 5.13 Å². The van der Waals surface area contributed by atoms with Crippen LogP contribution in [0.25, 0.3) is 0 Å². The van der Waals surface area contributed by atoms with E-state index in [1.165, 1.54) is 30.0 Å². The van der Waals surface area contributed by atoms with Gasteiger partial charge in [-0.15, -0.1) is 21.5 Å². The van der Waals surface area contributed by atoms with Gasteiger partial charge in [0.1, 0.15) is 0 Å². The number of nitrogens with zero attached hydrogens (tertiary/aromatic N) is 4. The Balaban J connectivity index is 1.97. The fourth-order valence-electron chi connectivity index (χ4n) is 1.49. The number of hydrogen-bond acceptors (Lipinski definition) is 8. The molecule has 0 radical (unpaired) electrons. The maximum Gasteiger partial charge on any atom is 0.277 e. The summed E-state index contributed by atoms with van der Waals surface area (Å²) in [6, 6.07) is 0. The highest BCUT2D eigenvalue weighted by Gasteiger charge is 2.14. The Morgan fingerprint density at radius 3 is 2.95 bits per heavy atom. The minimum absolute atomic E-state index is 0.00876. The van der Waals surface area contributed by atoms with E-state index in [0.29, 0.717) is 28.5 Å². The van der Waals surface area contributed by atoms with Gasteiger partial charge in [-0.05, 0) is 6.92 Å². The van der Waals surface area contributed by atoms with Gasteiger partial charge in [0, 0.05) is 24.6 Å². The van der Waals surface area contributed by atoms with Crippen molar-refractivity contribution >= 4 is 34.1 Å². The molecule has 0 atom stereocenters. The van der Waals surface area contributed by atoms with Crippen molar-refractivity contribution in [1.29, 1.82) is 0 Å². The fourth-order valence-corrected chi connectivity index (χ4v) is 3.20. The van der Waals surface area contributed by atoms with Gasteiger partial charge in [-0.1, -0.05) is 11.8 Å². The Morgan fingerprint density at radius 1 is 1.55 bits per heavy atom. The smallest absolute Gasteiger partial charge is 0.277 e. The number of aromatic nitrogens is 3.